The van der Waals surface area contributed by atoms with E-state index in [9.17, 15) is 9.59 Å². The molecule has 2 saturated heterocycles. The smallest absolute Gasteiger partial charge is 0.239 e. The van der Waals surface area contributed by atoms with Crippen LogP contribution in [-0.2, 0) is 14.3 Å². The maximum absolute atomic E-state index is 12.7. The van der Waals surface area contributed by atoms with Gasteiger partial charge in [-0.25, -0.2) is 0 Å². The van der Waals surface area contributed by atoms with Crippen LogP contribution in [0.15, 0.2) is 22.7 Å². The first-order valence-corrected chi connectivity index (χ1v) is 9.51. The maximum atomic E-state index is 12.7. The zero-order valence-electron chi connectivity index (χ0n) is 14.5. The molecule has 1 unspecified atom stereocenters. The molecule has 2 heterocycles. The van der Waals surface area contributed by atoms with Crippen LogP contribution in [-0.4, -0.2) is 62.7 Å². The zero-order valence-corrected chi connectivity index (χ0v) is 16.0. The molecule has 1 N–H and O–H groups in total. The molecule has 1 aromatic rings. The van der Waals surface area contributed by atoms with Crippen LogP contribution in [0.2, 0.25) is 0 Å². The van der Waals surface area contributed by atoms with Gasteiger partial charge in [-0.3, -0.25) is 14.5 Å². The molecule has 2 aliphatic heterocycles. The van der Waals surface area contributed by atoms with E-state index in [2.05, 4.69) is 26.1 Å². The van der Waals surface area contributed by atoms with Gasteiger partial charge in [0.05, 0.1) is 13.2 Å². The van der Waals surface area contributed by atoms with E-state index < -0.39 is 5.92 Å². The van der Waals surface area contributed by atoms with E-state index in [0.29, 0.717) is 19.5 Å². The van der Waals surface area contributed by atoms with Crippen molar-refractivity contribution in [1.29, 1.82) is 0 Å². The van der Waals surface area contributed by atoms with E-state index in [1.165, 1.54) is 0 Å². The molecule has 2 fully saturated rings. The summed E-state index contributed by atoms with van der Waals surface area (Å²) in [6.07, 6.45) is 0.564. The van der Waals surface area contributed by atoms with Gasteiger partial charge in [-0.15, -0.1) is 0 Å². The highest BCUT2D eigenvalue weighted by Crippen LogP contribution is 2.30. The molecule has 6 nitrogen and oxygen atoms in total. The second-order valence-electron chi connectivity index (χ2n) is 6.51. The van der Waals surface area contributed by atoms with Gasteiger partial charge < -0.3 is 15.0 Å². The Morgan fingerprint density at radius 2 is 2.08 bits per heavy atom. The van der Waals surface area contributed by atoms with Crippen LogP contribution < -0.4 is 10.2 Å². The fraction of sp³-hybridized carbons (Fsp3) is 0.556. The van der Waals surface area contributed by atoms with E-state index in [4.69, 9.17) is 4.74 Å². The summed E-state index contributed by atoms with van der Waals surface area (Å²) in [5.41, 5.74) is 1.91. The Morgan fingerprint density at radius 3 is 2.84 bits per heavy atom. The van der Waals surface area contributed by atoms with Crippen molar-refractivity contribution in [2.24, 2.45) is 5.92 Å². The lowest BCUT2D eigenvalue weighted by Crippen LogP contribution is -2.43. The SMILES string of the molecule is Cc1ccc(Br)cc1N1CCC(C(=O)NCCN2CCOCC2)C1=O. The first-order chi connectivity index (χ1) is 12.1. The normalized spacial score (nSPS) is 21.6. The molecular formula is C18H24BrN3O3. The lowest BCUT2D eigenvalue weighted by molar-refractivity contribution is -0.132. The zero-order chi connectivity index (χ0) is 17.8. The van der Waals surface area contributed by atoms with Crippen LogP contribution in [0, 0.1) is 12.8 Å². The Labute approximate surface area is 156 Å². The maximum Gasteiger partial charge on any atom is 0.239 e. The van der Waals surface area contributed by atoms with Gasteiger partial charge >= 0.3 is 0 Å². The third kappa shape index (κ3) is 4.40. The van der Waals surface area contributed by atoms with Gasteiger partial charge in [0.1, 0.15) is 5.92 Å². The van der Waals surface area contributed by atoms with Gasteiger partial charge in [-0.05, 0) is 31.0 Å². The highest BCUT2D eigenvalue weighted by molar-refractivity contribution is 9.10. The third-order valence-electron chi connectivity index (χ3n) is 4.81. The number of nitrogens with zero attached hydrogens (tertiary/aromatic N) is 2. The topological polar surface area (TPSA) is 61.9 Å². The standard InChI is InChI=1S/C18H24BrN3O3/c1-13-2-3-14(19)12-16(13)22-6-4-15(18(22)24)17(23)20-5-7-21-8-10-25-11-9-21/h2-3,12,15H,4-11H2,1H3,(H,20,23). The number of amides is 2. The molecule has 1 aromatic carbocycles. The first-order valence-electron chi connectivity index (χ1n) is 8.71. The number of carbonyl (C=O) groups excluding carboxylic acids is 2. The second-order valence-corrected chi connectivity index (χ2v) is 7.42. The number of morpholine rings is 1. The molecule has 7 heteroatoms. The number of hydrogen-bond donors (Lipinski definition) is 1. The summed E-state index contributed by atoms with van der Waals surface area (Å²) in [5.74, 6) is -0.846. The molecule has 2 amide bonds. The molecule has 0 aliphatic carbocycles. The number of rotatable bonds is 5. The summed E-state index contributed by atoms with van der Waals surface area (Å²) >= 11 is 3.45. The highest BCUT2D eigenvalue weighted by atomic mass is 79.9. The van der Waals surface area contributed by atoms with Gasteiger partial charge in [0.25, 0.3) is 0 Å². The van der Waals surface area contributed by atoms with Crippen molar-refractivity contribution in [3.63, 3.8) is 0 Å². The van der Waals surface area contributed by atoms with Crippen molar-refractivity contribution < 1.29 is 14.3 Å². The molecule has 2 aliphatic rings. The summed E-state index contributed by atoms with van der Waals surface area (Å²) in [4.78, 5) is 29.1. The monoisotopic (exact) mass is 409 g/mol. The minimum Gasteiger partial charge on any atom is -0.379 e. The van der Waals surface area contributed by atoms with Gasteiger partial charge in [0.15, 0.2) is 0 Å². The summed E-state index contributed by atoms with van der Waals surface area (Å²) in [6, 6.07) is 5.86. The fourth-order valence-electron chi connectivity index (χ4n) is 3.32. The van der Waals surface area contributed by atoms with Crippen LogP contribution in [0.5, 0.6) is 0 Å². The number of carbonyl (C=O) groups is 2. The predicted molar refractivity (Wildman–Crippen MR) is 99.6 cm³/mol. The summed E-state index contributed by atoms with van der Waals surface area (Å²) in [6.45, 7) is 7.21. The minimum absolute atomic E-state index is 0.106. The summed E-state index contributed by atoms with van der Waals surface area (Å²) in [5, 5.41) is 2.92. The lowest BCUT2D eigenvalue weighted by Gasteiger charge is -2.26. The Hall–Kier alpha value is -1.44. The third-order valence-corrected chi connectivity index (χ3v) is 5.31. The van der Waals surface area contributed by atoms with Gasteiger partial charge in [-0.2, -0.15) is 0 Å². The number of hydrogen-bond acceptors (Lipinski definition) is 4. The molecule has 136 valence electrons. The average molecular weight is 410 g/mol. The van der Waals surface area contributed by atoms with Crippen LogP contribution in [0.1, 0.15) is 12.0 Å². The van der Waals surface area contributed by atoms with Crippen LogP contribution in [0.3, 0.4) is 0 Å². The number of benzene rings is 1. The molecule has 0 saturated carbocycles. The van der Waals surface area contributed by atoms with Crippen molar-refractivity contribution in [2.45, 2.75) is 13.3 Å². The van der Waals surface area contributed by atoms with E-state index in [1.54, 1.807) is 4.90 Å². The number of nitrogens with one attached hydrogen (secondary N) is 1. The van der Waals surface area contributed by atoms with Crippen molar-refractivity contribution in [3.05, 3.63) is 28.2 Å². The first kappa shape index (κ1) is 18.4. The Kier molecular flexibility index (Phi) is 6.09. The molecule has 0 spiro atoms. The predicted octanol–water partition coefficient (Wildman–Crippen LogP) is 1.56. The highest BCUT2D eigenvalue weighted by Gasteiger charge is 2.37. The van der Waals surface area contributed by atoms with E-state index in [0.717, 1.165) is 48.6 Å². The average Bonchev–Trinajstić information content (AvgIpc) is 2.99. The lowest BCUT2D eigenvalue weighted by atomic mass is 10.1. The Morgan fingerprint density at radius 1 is 1.32 bits per heavy atom. The van der Waals surface area contributed by atoms with Gasteiger partial charge in [-0.1, -0.05) is 22.0 Å². The molecule has 1 atom stereocenters. The number of anilines is 1. The Balaban J connectivity index is 1.54. The summed E-state index contributed by atoms with van der Waals surface area (Å²) in [7, 11) is 0. The largest absolute Gasteiger partial charge is 0.379 e. The molecule has 0 aromatic heterocycles. The minimum atomic E-state index is -0.580. The molecule has 25 heavy (non-hydrogen) atoms. The molecule has 3 rings (SSSR count). The number of ether oxygens (including phenoxy) is 1. The van der Waals surface area contributed by atoms with Crippen molar-refractivity contribution in [1.82, 2.24) is 10.2 Å². The van der Waals surface area contributed by atoms with Crippen molar-refractivity contribution in [3.8, 4) is 0 Å². The fourth-order valence-corrected chi connectivity index (χ4v) is 3.67. The second kappa shape index (κ2) is 8.29. The van der Waals surface area contributed by atoms with Crippen LogP contribution >= 0.6 is 15.9 Å². The van der Waals surface area contributed by atoms with Crippen LogP contribution in [0.25, 0.3) is 0 Å². The Bertz CT molecular complexity index is 646. The van der Waals surface area contributed by atoms with Crippen LogP contribution in [0.4, 0.5) is 5.69 Å². The molecule has 0 radical (unpaired) electrons. The van der Waals surface area contributed by atoms with Crippen molar-refractivity contribution >= 4 is 33.4 Å². The number of aryl methyl sites for hydroxylation is 1. The van der Waals surface area contributed by atoms with E-state index >= 15 is 0 Å². The summed E-state index contributed by atoms with van der Waals surface area (Å²) < 4.78 is 6.24. The molecule has 0 bridgehead atoms. The van der Waals surface area contributed by atoms with E-state index in [-0.39, 0.29) is 11.8 Å². The molecular weight excluding hydrogens is 386 g/mol. The quantitative estimate of drug-likeness (QED) is 0.749. The van der Waals surface area contributed by atoms with Gasteiger partial charge in [0.2, 0.25) is 11.8 Å². The van der Waals surface area contributed by atoms with Gasteiger partial charge in [0, 0.05) is 42.9 Å². The van der Waals surface area contributed by atoms with E-state index in [1.807, 2.05) is 25.1 Å². The number of halogens is 1. The van der Waals surface area contributed by atoms with Crippen molar-refractivity contribution in [2.75, 3.05) is 50.8 Å².